The van der Waals surface area contributed by atoms with Gasteiger partial charge in [-0.15, -0.1) is 0 Å². The molecule has 108 valence electrons. The Morgan fingerprint density at radius 2 is 2.10 bits per heavy atom. The Morgan fingerprint density at radius 1 is 1.40 bits per heavy atom. The summed E-state index contributed by atoms with van der Waals surface area (Å²) in [5, 5.41) is 8.90. The van der Waals surface area contributed by atoms with Crippen LogP contribution in [0.1, 0.15) is 12.8 Å². The molecule has 1 saturated heterocycles. The van der Waals surface area contributed by atoms with Crippen LogP contribution in [0.25, 0.3) is 0 Å². The van der Waals surface area contributed by atoms with Gasteiger partial charge in [-0.05, 0) is 34.8 Å². The molecule has 1 fully saturated rings. The van der Waals surface area contributed by atoms with Crippen molar-refractivity contribution in [1.29, 1.82) is 0 Å². The molecule has 0 aromatic carbocycles. The Kier molecular flexibility index (Phi) is 4.94. The standard InChI is InChI=1S/C13H15BrN2O4/c14-10-5-11(7-15-6-10)20-8-12(17)16-3-1-9(2-4-16)13(18)19/h5-7,9H,1-4,8H2,(H,18,19). The number of aromatic nitrogens is 1. The van der Waals surface area contributed by atoms with E-state index in [-0.39, 0.29) is 18.4 Å². The van der Waals surface area contributed by atoms with Crippen LogP contribution in [0.3, 0.4) is 0 Å². The third-order valence-corrected chi connectivity index (χ3v) is 3.67. The number of piperidine rings is 1. The summed E-state index contributed by atoms with van der Waals surface area (Å²) >= 11 is 3.27. The van der Waals surface area contributed by atoms with Gasteiger partial charge in [0.05, 0.1) is 12.1 Å². The second-order valence-corrected chi connectivity index (χ2v) is 5.54. The Balaban J connectivity index is 1.80. The number of rotatable bonds is 4. The van der Waals surface area contributed by atoms with E-state index in [2.05, 4.69) is 20.9 Å². The smallest absolute Gasteiger partial charge is 0.306 e. The minimum Gasteiger partial charge on any atom is -0.482 e. The van der Waals surface area contributed by atoms with E-state index < -0.39 is 5.97 Å². The largest absolute Gasteiger partial charge is 0.482 e. The highest BCUT2D eigenvalue weighted by Gasteiger charge is 2.26. The Labute approximate surface area is 124 Å². The van der Waals surface area contributed by atoms with Crippen LogP contribution >= 0.6 is 15.9 Å². The van der Waals surface area contributed by atoms with Gasteiger partial charge in [0.1, 0.15) is 5.75 Å². The first-order valence-electron chi connectivity index (χ1n) is 6.30. The zero-order valence-corrected chi connectivity index (χ0v) is 12.4. The molecule has 0 bridgehead atoms. The van der Waals surface area contributed by atoms with Crippen molar-refractivity contribution in [2.24, 2.45) is 5.92 Å². The molecule has 1 aliphatic rings. The molecule has 0 aliphatic carbocycles. The first-order chi connectivity index (χ1) is 9.56. The van der Waals surface area contributed by atoms with E-state index in [1.165, 1.54) is 6.20 Å². The third kappa shape index (κ3) is 3.93. The zero-order chi connectivity index (χ0) is 14.5. The molecule has 1 N–H and O–H groups in total. The molecule has 0 radical (unpaired) electrons. The van der Waals surface area contributed by atoms with Crippen molar-refractivity contribution >= 4 is 27.8 Å². The normalized spacial score (nSPS) is 15.9. The number of carboxylic acid groups (broad SMARTS) is 1. The van der Waals surface area contributed by atoms with Crippen LogP contribution in [0.5, 0.6) is 5.75 Å². The lowest BCUT2D eigenvalue weighted by atomic mass is 9.97. The summed E-state index contributed by atoms with van der Waals surface area (Å²) in [5.41, 5.74) is 0. The highest BCUT2D eigenvalue weighted by Crippen LogP contribution is 2.18. The molecule has 6 nitrogen and oxygen atoms in total. The summed E-state index contributed by atoms with van der Waals surface area (Å²) in [6.07, 6.45) is 4.17. The van der Waals surface area contributed by atoms with E-state index in [4.69, 9.17) is 9.84 Å². The number of hydrogen-bond donors (Lipinski definition) is 1. The fourth-order valence-electron chi connectivity index (χ4n) is 2.08. The molecule has 2 heterocycles. The number of pyridine rings is 1. The first-order valence-corrected chi connectivity index (χ1v) is 7.09. The van der Waals surface area contributed by atoms with E-state index in [1.807, 2.05) is 0 Å². The van der Waals surface area contributed by atoms with Gasteiger partial charge in [0.25, 0.3) is 5.91 Å². The summed E-state index contributed by atoms with van der Waals surface area (Å²) in [6, 6.07) is 1.73. The molecular weight excluding hydrogens is 328 g/mol. The maximum Gasteiger partial charge on any atom is 0.306 e. The van der Waals surface area contributed by atoms with Crippen LogP contribution in [-0.4, -0.2) is 46.6 Å². The van der Waals surface area contributed by atoms with Crippen molar-refractivity contribution in [3.05, 3.63) is 22.9 Å². The molecule has 7 heteroatoms. The second-order valence-electron chi connectivity index (χ2n) is 4.62. The van der Waals surface area contributed by atoms with Crippen LogP contribution in [0.15, 0.2) is 22.9 Å². The van der Waals surface area contributed by atoms with Crippen LogP contribution in [0, 0.1) is 5.92 Å². The molecule has 0 atom stereocenters. The fraction of sp³-hybridized carbons (Fsp3) is 0.462. The van der Waals surface area contributed by atoms with E-state index in [1.54, 1.807) is 17.2 Å². The number of ether oxygens (including phenoxy) is 1. The third-order valence-electron chi connectivity index (χ3n) is 3.24. The van der Waals surface area contributed by atoms with Gasteiger partial charge in [-0.2, -0.15) is 0 Å². The van der Waals surface area contributed by atoms with Crippen molar-refractivity contribution in [3.8, 4) is 5.75 Å². The lowest BCUT2D eigenvalue weighted by Gasteiger charge is -2.30. The molecule has 1 aromatic rings. The number of carboxylic acids is 1. The van der Waals surface area contributed by atoms with Gasteiger partial charge >= 0.3 is 5.97 Å². The topological polar surface area (TPSA) is 79.7 Å². The predicted octanol–water partition coefficient (Wildman–Crippen LogP) is 1.55. The van der Waals surface area contributed by atoms with E-state index in [0.717, 1.165) is 4.47 Å². The summed E-state index contributed by atoms with van der Waals surface area (Å²) in [6.45, 7) is 0.877. The van der Waals surface area contributed by atoms with Gasteiger partial charge in [0.15, 0.2) is 6.61 Å². The van der Waals surface area contributed by atoms with E-state index in [0.29, 0.717) is 31.7 Å². The number of carbonyl (C=O) groups is 2. The summed E-state index contributed by atoms with van der Waals surface area (Å²) in [5.74, 6) is -0.732. The van der Waals surface area contributed by atoms with E-state index >= 15 is 0 Å². The van der Waals surface area contributed by atoms with Gasteiger partial charge in [-0.25, -0.2) is 0 Å². The number of hydrogen-bond acceptors (Lipinski definition) is 4. The summed E-state index contributed by atoms with van der Waals surface area (Å²) in [4.78, 5) is 28.4. The number of halogens is 1. The van der Waals surface area contributed by atoms with Crippen LogP contribution in [-0.2, 0) is 9.59 Å². The Hall–Kier alpha value is -1.63. The Bertz CT molecular complexity index is 501. The van der Waals surface area contributed by atoms with Gasteiger partial charge in [0, 0.05) is 23.8 Å². The molecule has 2 rings (SSSR count). The lowest BCUT2D eigenvalue weighted by molar-refractivity contribution is -0.146. The van der Waals surface area contributed by atoms with Crippen LogP contribution in [0.2, 0.25) is 0 Å². The summed E-state index contributed by atoms with van der Waals surface area (Å²) < 4.78 is 6.16. The number of nitrogens with zero attached hydrogens (tertiary/aromatic N) is 2. The minimum atomic E-state index is -0.784. The minimum absolute atomic E-state index is 0.0597. The SMILES string of the molecule is O=C(O)C1CCN(C(=O)COc2cncc(Br)c2)CC1. The highest BCUT2D eigenvalue weighted by molar-refractivity contribution is 9.10. The molecule has 1 aliphatic heterocycles. The van der Waals surface area contributed by atoms with E-state index in [9.17, 15) is 9.59 Å². The molecule has 0 spiro atoms. The maximum absolute atomic E-state index is 12.0. The lowest BCUT2D eigenvalue weighted by Crippen LogP contribution is -2.42. The molecule has 1 aromatic heterocycles. The average Bonchev–Trinajstić information content (AvgIpc) is 2.45. The number of aliphatic carboxylic acids is 1. The van der Waals surface area contributed by atoms with Gasteiger partial charge < -0.3 is 14.7 Å². The molecule has 0 saturated carbocycles. The molecule has 0 unspecified atom stereocenters. The zero-order valence-electron chi connectivity index (χ0n) is 10.8. The predicted molar refractivity (Wildman–Crippen MR) is 74.4 cm³/mol. The van der Waals surface area contributed by atoms with Gasteiger partial charge in [-0.1, -0.05) is 0 Å². The highest BCUT2D eigenvalue weighted by atomic mass is 79.9. The van der Waals surface area contributed by atoms with Gasteiger partial charge in [0.2, 0.25) is 0 Å². The van der Waals surface area contributed by atoms with Crippen molar-refractivity contribution in [1.82, 2.24) is 9.88 Å². The molecular formula is C13H15BrN2O4. The van der Waals surface area contributed by atoms with Crippen LogP contribution in [0.4, 0.5) is 0 Å². The average molecular weight is 343 g/mol. The fourth-order valence-corrected chi connectivity index (χ4v) is 2.43. The monoisotopic (exact) mass is 342 g/mol. The number of carbonyl (C=O) groups excluding carboxylic acids is 1. The van der Waals surface area contributed by atoms with Crippen LogP contribution < -0.4 is 4.74 Å². The van der Waals surface area contributed by atoms with Gasteiger partial charge in [-0.3, -0.25) is 14.6 Å². The summed E-state index contributed by atoms with van der Waals surface area (Å²) in [7, 11) is 0. The maximum atomic E-state index is 12.0. The number of amides is 1. The second kappa shape index (κ2) is 6.69. The molecule has 1 amide bonds. The van der Waals surface area contributed by atoms with Crippen molar-refractivity contribution in [3.63, 3.8) is 0 Å². The molecule has 20 heavy (non-hydrogen) atoms. The first kappa shape index (κ1) is 14.8. The number of likely N-dealkylation sites (tertiary alicyclic amines) is 1. The van der Waals surface area contributed by atoms with Crippen molar-refractivity contribution in [2.45, 2.75) is 12.8 Å². The van der Waals surface area contributed by atoms with Crippen molar-refractivity contribution < 1.29 is 19.4 Å². The van der Waals surface area contributed by atoms with Crippen molar-refractivity contribution in [2.75, 3.05) is 19.7 Å². The Morgan fingerprint density at radius 3 is 2.70 bits per heavy atom. The quantitative estimate of drug-likeness (QED) is 0.897.